The Morgan fingerprint density at radius 3 is 2.17 bits per heavy atom. The van der Waals surface area contributed by atoms with Gasteiger partial charge in [-0.2, -0.15) is 0 Å². The first-order chi connectivity index (χ1) is 17.8. The van der Waals surface area contributed by atoms with E-state index in [1.54, 1.807) is 0 Å². The molecule has 3 nitrogen and oxygen atoms in total. The van der Waals surface area contributed by atoms with E-state index in [0.717, 1.165) is 31.8 Å². The summed E-state index contributed by atoms with van der Waals surface area (Å²) < 4.78 is 8.79. The summed E-state index contributed by atoms with van der Waals surface area (Å²) in [7, 11) is 0. The van der Waals surface area contributed by atoms with E-state index in [1.807, 2.05) is 0 Å². The molecule has 2 heterocycles. The van der Waals surface area contributed by atoms with Crippen LogP contribution in [0.15, 0.2) is 103 Å². The molecule has 6 aromatic rings. The molecular formula is C33H28N2O. The summed E-state index contributed by atoms with van der Waals surface area (Å²) in [5, 5.41) is 10.00. The molecule has 0 aliphatic carbocycles. The third-order valence-electron chi connectivity index (χ3n) is 7.48. The molecule has 0 spiro atoms. The van der Waals surface area contributed by atoms with Crippen molar-refractivity contribution >= 4 is 32.4 Å². The van der Waals surface area contributed by atoms with Gasteiger partial charge in [-0.25, -0.2) is 0 Å². The van der Waals surface area contributed by atoms with Crippen molar-refractivity contribution in [3.8, 4) is 5.75 Å². The molecule has 0 unspecified atom stereocenters. The Balaban J connectivity index is 1.21. The molecule has 36 heavy (non-hydrogen) atoms. The van der Waals surface area contributed by atoms with E-state index in [1.165, 1.54) is 54.8 Å². The molecule has 0 saturated heterocycles. The van der Waals surface area contributed by atoms with Crippen LogP contribution in [0.2, 0.25) is 0 Å². The van der Waals surface area contributed by atoms with E-state index in [4.69, 9.17) is 4.74 Å². The minimum absolute atomic E-state index is 0.567. The number of hydrogen-bond donors (Lipinski definition) is 1. The molecule has 176 valence electrons. The van der Waals surface area contributed by atoms with Crippen molar-refractivity contribution in [2.45, 2.75) is 26.1 Å². The Morgan fingerprint density at radius 1 is 0.694 bits per heavy atom. The van der Waals surface area contributed by atoms with Crippen LogP contribution in [0, 0.1) is 0 Å². The normalized spacial score (nSPS) is 13.3. The second-order valence-electron chi connectivity index (χ2n) is 9.77. The van der Waals surface area contributed by atoms with Gasteiger partial charge in [-0.05, 0) is 81.5 Å². The SMILES string of the molecule is c1ccc2cc(COc3ccc4c(c3)c3c(n4Cc4ccc5ccccc5c4)CNCC3)ccc2c1. The minimum Gasteiger partial charge on any atom is -0.489 e. The van der Waals surface area contributed by atoms with Gasteiger partial charge in [0.2, 0.25) is 0 Å². The maximum Gasteiger partial charge on any atom is 0.120 e. The molecule has 0 bridgehead atoms. The standard InChI is InChI=1S/C33H28N2O/c1-3-7-27-17-23(9-11-25(27)5-1)21-35-32-14-13-29(19-31(32)30-15-16-34-20-33(30)35)36-22-24-10-12-26-6-2-4-8-28(26)18-24/h1-14,17-19,34H,15-16,20-22H2. The van der Waals surface area contributed by atoms with Crippen LogP contribution in [0.4, 0.5) is 0 Å². The van der Waals surface area contributed by atoms with Crippen molar-refractivity contribution < 1.29 is 4.74 Å². The number of fused-ring (bicyclic) bond motifs is 5. The van der Waals surface area contributed by atoms with E-state index in [-0.39, 0.29) is 0 Å². The number of aromatic nitrogens is 1. The third-order valence-corrected chi connectivity index (χ3v) is 7.48. The summed E-state index contributed by atoms with van der Waals surface area (Å²) in [6, 6.07) is 37.0. The van der Waals surface area contributed by atoms with Crippen molar-refractivity contribution in [2.24, 2.45) is 0 Å². The van der Waals surface area contributed by atoms with Gasteiger partial charge in [0.1, 0.15) is 12.4 Å². The minimum atomic E-state index is 0.567. The maximum absolute atomic E-state index is 6.29. The topological polar surface area (TPSA) is 26.2 Å². The molecule has 0 amide bonds. The summed E-state index contributed by atoms with van der Waals surface area (Å²) in [4.78, 5) is 0. The molecule has 0 atom stereocenters. The average Bonchev–Trinajstić information content (AvgIpc) is 3.24. The van der Waals surface area contributed by atoms with Crippen molar-refractivity contribution in [2.75, 3.05) is 6.54 Å². The van der Waals surface area contributed by atoms with Gasteiger partial charge in [-0.3, -0.25) is 0 Å². The van der Waals surface area contributed by atoms with Crippen LogP contribution in [0.5, 0.6) is 5.75 Å². The van der Waals surface area contributed by atoms with Crippen LogP contribution in [0.1, 0.15) is 22.4 Å². The third kappa shape index (κ3) is 3.82. The van der Waals surface area contributed by atoms with E-state index in [2.05, 4.69) is 113 Å². The largest absolute Gasteiger partial charge is 0.489 e. The number of nitrogens with one attached hydrogen (secondary N) is 1. The maximum atomic E-state index is 6.29. The summed E-state index contributed by atoms with van der Waals surface area (Å²) in [6.07, 6.45) is 1.05. The van der Waals surface area contributed by atoms with Crippen LogP contribution in [-0.2, 0) is 26.1 Å². The molecule has 5 aromatic carbocycles. The molecule has 1 N–H and O–H groups in total. The van der Waals surface area contributed by atoms with E-state index < -0.39 is 0 Å². The second kappa shape index (κ2) is 8.85. The highest BCUT2D eigenvalue weighted by Gasteiger charge is 2.20. The van der Waals surface area contributed by atoms with E-state index in [9.17, 15) is 0 Å². The molecule has 1 aliphatic heterocycles. The van der Waals surface area contributed by atoms with Gasteiger partial charge in [-0.1, -0.05) is 72.8 Å². The first-order valence-electron chi connectivity index (χ1n) is 12.7. The average molecular weight is 469 g/mol. The van der Waals surface area contributed by atoms with Crippen LogP contribution in [-0.4, -0.2) is 11.1 Å². The summed E-state index contributed by atoms with van der Waals surface area (Å²) in [6.45, 7) is 3.36. The lowest BCUT2D eigenvalue weighted by Crippen LogP contribution is -2.25. The van der Waals surface area contributed by atoms with Gasteiger partial charge in [0.05, 0.1) is 0 Å². The second-order valence-corrected chi connectivity index (χ2v) is 9.77. The number of nitrogens with zero attached hydrogens (tertiary/aromatic N) is 1. The zero-order chi connectivity index (χ0) is 23.9. The van der Waals surface area contributed by atoms with Gasteiger partial charge in [0.15, 0.2) is 0 Å². The molecule has 3 heteroatoms. The zero-order valence-corrected chi connectivity index (χ0v) is 20.2. The lowest BCUT2D eigenvalue weighted by Gasteiger charge is -2.17. The van der Waals surface area contributed by atoms with Crippen molar-refractivity contribution in [1.82, 2.24) is 9.88 Å². The number of benzene rings is 5. The number of hydrogen-bond acceptors (Lipinski definition) is 2. The highest BCUT2D eigenvalue weighted by atomic mass is 16.5. The van der Waals surface area contributed by atoms with Crippen LogP contribution in [0.3, 0.4) is 0 Å². The highest BCUT2D eigenvalue weighted by Crippen LogP contribution is 2.33. The highest BCUT2D eigenvalue weighted by molar-refractivity contribution is 5.88. The lowest BCUT2D eigenvalue weighted by molar-refractivity contribution is 0.307. The fraction of sp³-hybridized carbons (Fsp3) is 0.152. The lowest BCUT2D eigenvalue weighted by atomic mass is 10.0. The number of rotatable bonds is 5. The summed E-state index contributed by atoms with van der Waals surface area (Å²) >= 11 is 0. The van der Waals surface area contributed by atoms with Crippen LogP contribution < -0.4 is 10.1 Å². The summed E-state index contributed by atoms with van der Waals surface area (Å²) in [5.41, 5.74) is 6.66. The smallest absolute Gasteiger partial charge is 0.120 e. The molecule has 1 aromatic heterocycles. The van der Waals surface area contributed by atoms with Gasteiger partial charge >= 0.3 is 0 Å². The molecule has 7 rings (SSSR count). The Morgan fingerprint density at radius 2 is 1.39 bits per heavy atom. The molecule has 1 aliphatic rings. The Hall–Kier alpha value is -4.08. The van der Waals surface area contributed by atoms with Crippen LogP contribution in [0.25, 0.3) is 32.4 Å². The van der Waals surface area contributed by atoms with Crippen molar-refractivity contribution in [1.29, 1.82) is 0 Å². The predicted octanol–water partition coefficient (Wildman–Crippen LogP) is 7.22. The quantitative estimate of drug-likeness (QED) is 0.289. The number of ether oxygens (including phenoxy) is 1. The van der Waals surface area contributed by atoms with E-state index >= 15 is 0 Å². The molecule has 0 fully saturated rings. The Bertz CT molecular complexity index is 1730. The molecule has 0 radical (unpaired) electrons. The van der Waals surface area contributed by atoms with Crippen molar-refractivity contribution in [3.63, 3.8) is 0 Å². The predicted molar refractivity (Wildman–Crippen MR) is 149 cm³/mol. The molecular weight excluding hydrogens is 440 g/mol. The van der Waals surface area contributed by atoms with Gasteiger partial charge < -0.3 is 14.6 Å². The monoisotopic (exact) mass is 468 g/mol. The van der Waals surface area contributed by atoms with Crippen LogP contribution >= 0.6 is 0 Å². The summed E-state index contributed by atoms with van der Waals surface area (Å²) in [5.74, 6) is 0.930. The van der Waals surface area contributed by atoms with E-state index in [0.29, 0.717) is 6.61 Å². The first-order valence-corrected chi connectivity index (χ1v) is 12.7. The van der Waals surface area contributed by atoms with Crippen molar-refractivity contribution in [3.05, 3.63) is 126 Å². The van der Waals surface area contributed by atoms with Gasteiger partial charge in [0, 0.05) is 29.7 Å². The first kappa shape index (κ1) is 21.2. The fourth-order valence-corrected chi connectivity index (χ4v) is 5.64. The zero-order valence-electron chi connectivity index (χ0n) is 20.2. The van der Waals surface area contributed by atoms with Gasteiger partial charge in [0.25, 0.3) is 0 Å². The molecule has 0 saturated carbocycles. The Labute approximate surface area is 210 Å². The Kier molecular flexibility index (Phi) is 5.22. The fourth-order valence-electron chi connectivity index (χ4n) is 5.64. The van der Waals surface area contributed by atoms with Gasteiger partial charge in [-0.15, -0.1) is 0 Å².